The minimum absolute atomic E-state index is 0.285. The van der Waals surface area contributed by atoms with Crippen molar-refractivity contribution in [3.05, 3.63) is 22.7 Å². The topological polar surface area (TPSA) is 62.2 Å². The van der Waals surface area contributed by atoms with E-state index in [9.17, 15) is 10.2 Å². The summed E-state index contributed by atoms with van der Waals surface area (Å²) in [6.07, 6.45) is 1.42. The largest absolute Gasteiger partial charge is 0.493 e. The molecule has 6 heteroatoms. The zero-order valence-corrected chi connectivity index (χ0v) is 14.3. The molecular formula is C17H24ClNO4. The number of ether oxygens (including phenoxy) is 2. The van der Waals surface area contributed by atoms with Crippen LogP contribution in [0.3, 0.4) is 0 Å². The Balaban J connectivity index is 1.71. The molecule has 2 aliphatic rings. The van der Waals surface area contributed by atoms with Gasteiger partial charge in [0, 0.05) is 35.0 Å². The number of likely N-dealkylation sites (tertiary alicyclic amines) is 1. The Labute approximate surface area is 141 Å². The third kappa shape index (κ3) is 2.91. The van der Waals surface area contributed by atoms with Gasteiger partial charge in [0.1, 0.15) is 0 Å². The minimum Gasteiger partial charge on any atom is -0.493 e. The van der Waals surface area contributed by atoms with Crippen molar-refractivity contribution >= 4 is 11.6 Å². The molecule has 5 nitrogen and oxygen atoms in total. The van der Waals surface area contributed by atoms with Crippen molar-refractivity contribution < 1.29 is 19.7 Å². The van der Waals surface area contributed by atoms with Crippen LogP contribution in [0, 0.1) is 5.41 Å². The van der Waals surface area contributed by atoms with Gasteiger partial charge >= 0.3 is 0 Å². The Morgan fingerprint density at radius 3 is 2.35 bits per heavy atom. The Bertz CT molecular complexity index is 562. The number of methoxy groups -OCH3 is 2. The second-order valence-electron chi connectivity index (χ2n) is 6.58. The number of benzene rings is 1. The molecule has 0 unspecified atom stereocenters. The Morgan fingerprint density at radius 2 is 1.83 bits per heavy atom. The van der Waals surface area contributed by atoms with Gasteiger partial charge in [0.15, 0.2) is 11.5 Å². The molecule has 1 aromatic rings. The summed E-state index contributed by atoms with van der Waals surface area (Å²) in [5.74, 6) is 1.34. The molecular weight excluding hydrogens is 318 g/mol. The molecule has 0 radical (unpaired) electrons. The maximum absolute atomic E-state index is 10.0. The molecule has 0 aromatic heterocycles. The van der Waals surface area contributed by atoms with Crippen LogP contribution < -0.4 is 9.47 Å². The maximum atomic E-state index is 10.0. The summed E-state index contributed by atoms with van der Waals surface area (Å²) in [6, 6.07) is 3.65. The quantitative estimate of drug-likeness (QED) is 0.877. The van der Waals surface area contributed by atoms with Crippen molar-refractivity contribution in [3.63, 3.8) is 0 Å². The summed E-state index contributed by atoms with van der Waals surface area (Å²) in [6.45, 7) is 2.39. The molecule has 128 valence electrons. The molecule has 2 atom stereocenters. The number of piperidine rings is 1. The van der Waals surface area contributed by atoms with Crippen LogP contribution in [0.2, 0.25) is 5.02 Å². The number of hydrogen-bond acceptors (Lipinski definition) is 5. The van der Waals surface area contributed by atoms with Gasteiger partial charge in [-0.15, -0.1) is 0 Å². The van der Waals surface area contributed by atoms with Gasteiger partial charge in [0.2, 0.25) is 0 Å². The molecule has 2 fully saturated rings. The first-order valence-electron chi connectivity index (χ1n) is 7.99. The van der Waals surface area contributed by atoms with Crippen LogP contribution in [-0.2, 0) is 6.54 Å². The highest BCUT2D eigenvalue weighted by Crippen LogP contribution is 2.49. The van der Waals surface area contributed by atoms with E-state index in [1.807, 2.05) is 6.07 Å². The summed E-state index contributed by atoms with van der Waals surface area (Å²) in [5.41, 5.74) is 0.703. The van der Waals surface area contributed by atoms with E-state index < -0.39 is 0 Å². The Hall–Kier alpha value is -1.01. The lowest BCUT2D eigenvalue weighted by atomic mass is 9.58. The number of hydrogen-bond donors (Lipinski definition) is 2. The molecule has 1 heterocycles. The van der Waals surface area contributed by atoms with E-state index in [1.54, 1.807) is 20.3 Å². The molecule has 2 N–H and O–H groups in total. The molecule has 1 aromatic carbocycles. The normalized spacial score (nSPS) is 26.8. The first kappa shape index (κ1) is 16.8. The van der Waals surface area contributed by atoms with E-state index in [0.29, 0.717) is 29.5 Å². The van der Waals surface area contributed by atoms with Crippen molar-refractivity contribution in [3.8, 4) is 11.5 Å². The number of aliphatic hydroxyl groups is 2. The van der Waals surface area contributed by atoms with Crippen LogP contribution in [-0.4, -0.2) is 54.6 Å². The highest BCUT2D eigenvalue weighted by molar-refractivity contribution is 6.30. The van der Waals surface area contributed by atoms with Gasteiger partial charge in [0.05, 0.1) is 26.4 Å². The summed E-state index contributed by atoms with van der Waals surface area (Å²) in [4.78, 5) is 2.30. The zero-order valence-electron chi connectivity index (χ0n) is 13.6. The molecule has 1 spiro atoms. The first-order chi connectivity index (χ1) is 11.0. The third-order valence-corrected chi connectivity index (χ3v) is 5.69. The van der Waals surface area contributed by atoms with Crippen molar-refractivity contribution in [2.45, 2.75) is 38.0 Å². The maximum Gasteiger partial charge on any atom is 0.165 e. The van der Waals surface area contributed by atoms with E-state index in [2.05, 4.69) is 4.90 Å². The van der Waals surface area contributed by atoms with E-state index in [1.165, 1.54) is 0 Å². The second-order valence-corrected chi connectivity index (χ2v) is 7.01. The minimum atomic E-state index is -0.361. The molecule has 3 rings (SSSR count). The Morgan fingerprint density at radius 1 is 1.17 bits per heavy atom. The molecule has 1 aliphatic heterocycles. The average molecular weight is 342 g/mol. The Kier molecular flexibility index (Phi) is 4.74. The van der Waals surface area contributed by atoms with Crippen molar-refractivity contribution in [1.29, 1.82) is 0 Å². The SMILES string of the molecule is COc1cc(Cl)cc(CN2CCC3(CC2)[C@H](O)C[C@@H]3O)c1OC. The van der Waals surface area contributed by atoms with E-state index in [4.69, 9.17) is 21.1 Å². The predicted octanol–water partition coefficient (Wildman–Crippen LogP) is 2.06. The van der Waals surface area contributed by atoms with Gasteiger partial charge in [-0.2, -0.15) is 0 Å². The van der Waals surface area contributed by atoms with Crippen molar-refractivity contribution in [2.24, 2.45) is 5.41 Å². The standard InChI is InChI=1S/C17H24ClNO4/c1-22-13-8-12(18)7-11(16(13)23-2)10-19-5-3-17(4-6-19)14(20)9-15(17)21/h7-8,14-15,20-21H,3-6,9-10H2,1-2H3/t14-,15+. The molecule has 1 aliphatic carbocycles. The predicted molar refractivity (Wildman–Crippen MR) is 88.1 cm³/mol. The molecule has 23 heavy (non-hydrogen) atoms. The third-order valence-electron chi connectivity index (χ3n) is 5.48. The van der Waals surface area contributed by atoms with E-state index in [-0.39, 0.29) is 17.6 Å². The second kappa shape index (κ2) is 6.48. The van der Waals surface area contributed by atoms with Gasteiger partial charge in [-0.05, 0) is 32.0 Å². The first-order valence-corrected chi connectivity index (χ1v) is 8.37. The van der Waals surface area contributed by atoms with Gasteiger partial charge in [-0.1, -0.05) is 11.6 Å². The monoisotopic (exact) mass is 341 g/mol. The number of halogens is 1. The number of rotatable bonds is 4. The van der Waals surface area contributed by atoms with Gasteiger partial charge in [-0.25, -0.2) is 0 Å². The molecule has 1 saturated heterocycles. The van der Waals surface area contributed by atoms with Crippen LogP contribution in [0.5, 0.6) is 11.5 Å². The van der Waals surface area contributed by atoms with Gasteiger partial charge in [-0.3, -0.25) is 4.90 Å². The lowest BCUT2D eigenvalue weighted by Crippen LogP contribution is -2.61. The molecule has 0 amide bonds. The van der Waals surface area contributed by atoms with Gasteiger partial charge < -0.3 is 19.7 Å². The summed E-state index contributed by atoms with van der Waals surface area (Å²) in [7, 11) is 3.23. The highest BCUT2D eigenvalue weighted by atomic mass is 35.5. The lowest BCUT2D eigenvalue weighted by molar-refractivity contribution is -0.190. The highest BCUT2D eigenvalue weighted by Gasteiger charge is 2.54. The van der Waals surface area contributed by atoms with Crippen LogP contribution in [0.25, 0.3) is 0 Å². The van der Waals surface area contributed by atoms with Crippen LogP contribution >= 0.6 is 11.6 Å². The fourth-order valence-electron chi connectivity index (χ4n) is 3.90. The summed E-state index contributed by atoms with van der Waals surface area (Å²) >= 11 is 6.17. The summed E-state index contributed by atoms with van der Waals surface area (Å²) < 4.78 is 10.8. The zero-order chi connectivity index (χ0) is 16.6. The number of nitrogens with zero attached hydrogens (tertiary/aromatic N) is 1. The van der Waals surface area contributed by atoms with Crippen LogP contribution in [0.4, 0.5) is 0 Å². The lowest BCUT2D eigenvalue weighted by Gasteiger charge is -2.55. The van der Waals surface area contributed by atoms with Crippen LogP contribution in [0.1, 0.15) is 24.8 Å². The van der Waals surface area contributed by atoms with E-state index in [0.717, 1.165) is 31.5 Å². The fraction of sp³-hybridized carbons (Fsp3) is 0.647. The van der Waals surface area contributed by atoms with Crippen molar-refractivity contribution in [1.82, 2.24) is 4.90 Å². The molecule has 0 bridgehead atoms. The number of aliphatic hydroxyl groups excluding tert-OH is 2. The molecule has 1 saturated carbocycles. The van der Waals surface area contributed by atoms with E-state index >= 15 is 0 Å². The smallest absolute Gasteiger partial charge is 0.165 e. The summed E-state index contributed by atoms with van der Waals surface area (Å²) in [5, 5.41) is 20.7. The van der Waals surface area contributed by atoms with Crippen LogP contribution in [0.15, 0.2) is 12.1 Å². The fourth-order valence-corrected chi connectivity index (χ4v) is 4.13. The van der Waals surface area contributed by atoms with Crippen molar-refractivity contribution in [2.75, 3.05) is 27.3 Å². The van der Waals surface area contributed by atoms with Gasteiger partial charge in [0.25, 0.3) is 0 Å². The average Bonchev–Trinajstić information content (AvgIpc) is 2.55.